The van der Waals surface area contributed by atoms with Crippen LogP contribution >= 0.6 is 23.1 Å². The van der Waals surface area contributed by atoms with E-state index in [9.17, 15) is 8.42 Å². The van der Waals surface area contributed by atoms with Crippen molar-refractivity contribution < 1.29 is 13.2 Å². The number of nitrogens with one attached hydrogen (secondary N) is 1. The Kier molecular flexibility index (Phi) is 6.76. The number of likely N-dealkylation sites (tertiary alicyclic amines) is 1. The molecular weight excluding hydrogens is 456 g/mol. The zero-order valence-electron chi connectivity index (χ0n) is 16.9. The van der Waals surface area contributed by atoms with Gasteiger partial charge in [0.25, 0.3) is 10.0 Å². The number of hydrogen-bond acceptors (Lipinski definition) is 7. The number of rotatable bonds is 7. The number of halogens is 1. The maximum atomic E-state index is 12.5. The van der Waals surface area contributed by atoms with Crippen molar-refractivity contribution in [1.82, 2.24) is 14.3 Å². The van der Waals surface area contributed by atoms with Crippen LogP contribution in [0.5, 0.6) is 5.75 Å². The van der Waals surface area contributed by atoms with Crippen molar-refractivity contribution >= 4 is 38.3 Å². The van der Waals surface area contributed by atoms with E-state index in [0.29, 0.717) is 11.8 Å². The summed E-state index contributed by atoms with van der Waals surface area (Å²) in [6.45, 7) is 4.08. The van der Waals surface area contributed by atoms with E-state index in [1.54, 1.807) is 6.07 Å². The van der Waals surface area contributed by atoms with Gasteiger partial charge >= 0.3 is 0 Å². The maximum absolute atomic E-state index is 12.5. The summed E-state index contributed by atoms with van der Waals surface area (Å²) >= 11 is 7.31. The predicted octanol–water partition coefficient (Wildman–Crippen LogP) is 4.60. The molecular formula is C21H23ClN4O3S2. The van der Waals surface area contributed by atoms with Crippen LogP contribution in [0, 0.1) is 0 Å². The number of piperidine rings is 1. The second-order valence-corrected chi connectivity index (χ2v) is 10.3. The van der Waals surface area contributed by atoms with Gasteiger partial charge in [-0.1, -0.05) is 41.9 Å². The van der Waals surface area contributed by atoms with E-state index in [1.165, 1.54) is 24.0 Å². The second kappa shape index (κ2) is 9.52. The van der Waals surface area contributed by atoms with Crippen molar-refractivity contribution in [3.8, 4) is 5.75 Å². The van der Waals surface area contributed by atoms with Gasteiger partial charge in [0.1, 0.15) is 18.2 Å². The minimum atomic E-state index is -3.79. The predicted molar refractivity (Wildman–Crippen MR) is 122 cm³/mol. The Labute approximate surface area is 191 Å². The molecule has 7 nitrogen and oxygen atoms in total. The Morgan fingerprint density at radius 1 is 1.19 bits per heavy atom. The Morgan fingerprint density at radius 2 is 1.94 bits per heavy atom. The van der Waals surface area contributed by atoms with Crippen molar-refractivity contribution in [2.45, 2.75) is 36.8 Å². The summed E-state index contributed by atoms with van der Waals surface area (Å²) in [5.74, 6) is 0.492. The quantitative estimate of drug-likeness (QED) is 0.534. The molecule has 1 aliphatic rings. The molecule has 31 heavy (non-hydrogen) atoms. The lowest BCUT2D eigenvalue weighted by atomic mass is 10.0. The SMILES string of the molecule is CC(c1ccccc1)N1CCC(Oc2ccc(S(=O)(=O)Nc3ncns3)cc2Cl)CC1. The molecule has 4 rings (SSSR count). The number of aromatic nitrogens is 2. The number of sulfonamides is 1. The lowest BCUT2D eigenvalue weighted by molar-refractivity contribution is 0.0797. The van der Waals surface area contributed by atoms with E-state index >= 15 is 0 Å². The smallest absolute Gasteiger partial charge is 0.263 e. The van der Waals surface area contributed by atoms with E-state index in [2.05, 4.69) is 50.2 Å². The third-order valence-electron chi connectivity index (χ3n) is 5.40. The molecule has 0 aliphatic carbocycles. The zero-order chi connectivity index (χ0) is 21.8. The molecule has 0 radical (unpaired) electrons. The third kappa shape index (κ3) is 5.35. The highest BCUT2D eigenvalue weighted by molar-refractivity contribution is 7.93. The normalized spacial score (nSPS) is 16.7. The molecule has 1 aromatic heterocycles. The molecule has 1 unspecified atom stereocenters. The van der Waals surface area contributed by atoms with Crippen LogP contribution in [0.4, 0.5) is 5.13 Å². The summed E-state index contributed by atoms with van der Waals surface area (Å²) in [5, 5.41) is 0.466. The van der Waals surface area contributed by atoms with Crippen LogP contribution in [-0.4, -0.2) is 41.9 Å². The number of nitrogens with zero attached hydrogens (tertiary/aromatic N) is 3. The first kappa shape index (κ1) is 22.0. The van der Waals surface area contributed by atoms with Gasteiger partial charge in [-0.3, -0.25) is 9.62 Å². The molecule has 0 saturated carbocycles. The van der Waals surface area contributed by atoms with Crippen LogP contribution in [0.15, 0.2) is 59.8 Å². The first-order valence-corrected chi connectivity index (χ1v) is 12.6. The van der Waals surface area contributed by atoms with Crippen LogP contribution in [0.3, 0.4) is 0 Å². The van der Waals surface area contributed by atoms with Gasteiger partial charge < -0.3 is 4.74 Å². The van der Waals surface area contributed by atoms with Crippen molar-refractivity contribution in [1.29, 1.82) is 0 Å². The number of anilines is 1. The Hall–Kier alpha value is -2.20. The fourth-order valence-electron chi connectivity index (χ4n) is 3.64. The third-order valence-corrected chi connectivity index (χ3v) is 7.74. The van der Waals surface area contributed by atoms with Gasteiger partial charge in [-0.15, -0.1) is 0 Å². The summed E-state index contributed by atoms with van der Waals surface area (Å²) in [6.07, 6.45) is 3.09. The molecule has 164 valence electrons. The minimum absolute atomic E-state index is 0.0405. The molecule has 1 atom stereocenters. The van der Waals surface area contributed by atoms with Gasteiger partial charge in [0.05, 0.1) is 9.92 Å². The van der Waals surface area contributed by atoms with E-state index < -0.39 is 10.0 Å². The summed E-state index contributed by atoms with van der Waals surface area (Å²) in [7, 11) is -3.79. The van der Waals surface area contributed by atoms with E-state index in [-0.39, 0.29) is 21.2 Å². The van der Waals surface area contributed by atoms with Gasteiger partial charge in [-0.25, -0.2) is 13.4 Å². The molecule has 2 heterocycles. The molecule has 1 fully saturated rings. The fraction of sp³-hybridized carbons (Fsp3) is 0.333. The molecule has 1 saturated heterocycles. The van der Waals surface area contributed by atoms with E-state index in [0.717, 1.165) is 37.5 Å². The van der Waals surface area contributed by atoms with Crippen molar-refractivity contribution in [3.05, 3.63) is 65.4 Å². The Balaban J connectivity index is 1.36. The topological polar surface area (TPSA) is 84.4 Å². The van der Waals surface area contributed by atoms with Crippen LogP contribution in [0.1, 0.15) is 31.4 Å². The zero-order valence-corrected chi connectivity index (χ0v) is 19.3. The molecule has 10 heteroatoms. The summed E-state index contributed by atoms with van der Waals surface area (Å²) in [5.41, 5.74) is 1.31. The molecule has 1 aliphatic heterocycles. The largest absolute Gasteiger partial charge is 0.489 e. The molecule has 3 aromatic rings. The van der Waals surface area contributed by atoms with Gasteiger partial charge in [-0.05, 0) is 43.5 Å². The molecule has 2 aromatic carbocycles. The van der Waals surface area contributed by atoms with Gasteiger partial charge in [-0.2, -0.15) is 4.37 Å². The van der Waals surface area contributed by atoms with Crippen molar-refractivity contribution in [2.75, 3.05) is 17.8 Å². The average Bonchev–Trinajstić information content (AvgIpc) is 3.28. The van der Waals surface area contributed by atoms with Crippen LogP contribution < -0.4 is 9.46 Å². The summed E-state index contributed by atoms with van der Waals surface area (Å²) < 4.78 is 37.3. The first-order valence-electron chi connectivity index (χ1n) is 9.97. The van der Waals surface area contributed by atoms with E-state index in [4.69, 9.17) is 16.3 Å². The van der Waals surface area contributed by atoms with E-state index in [1.807, 2.05) is 6.07 Å². The molecule has 0 amide bonds. The van der Waals surface area contributed by atoms with Crippen LogP contribution in [0.2, 0.25) is 5.02 Å². The van der Waals surface area contributed by atoms with Crippen LogP contribution in [-0.2, 0) is 10.0 Å². The number of hydrogen-bond donors (Lipinski definition) is 1. The monoisotopic (exact) mass is 478 g/mol. The minimum Gasteiger partial charge on any atom is -0.489 e. The first-order chi connectivity index (χ1) is 14.9. The molecule has 0 spiro atoms. The fourth-order valence-corrected chi connectivity index (χ4v) is 5.62. The maximum Gasteiger partial charge on any atom is 0.263 e. The molecule has 1 N–H and O–H groups in total. The van der Waals surface area contributed by atoms with Crippen molar-refractivity contribution in [2.24, 2.45) is 0 Å². The van der Waals surface area contributed by atoms with Gasteiger partial charge in [0, 0.05) is 30.7 Å². The number of ether oxygens (including phenoxy) is 1. The molecule has 0 bridgehead atoms. The van der Waals surface area contributed by atoms with Crippen molar-refractivity contribution in [3.63, 3.8) is 0 Å². The highest BCUT2D eigenvalue weighted by atomic mass is 35.5. The van der Waals surface area contributed by atoms with Crippen LogP contribution in [0.25, 0.3) is 0 Å². The standard InChI is InChI=1S/C21H23ClN4O3S2/c1-15(16-5-3-2-4-6-16)26-11-9-17(10-12-26)29-20-8-7-18(13-19(20)22)31(27,28)25-21-23-14-24-30-21/h2-8,13-15,17H,9-12H2,1H3,(H,23,24,25). The average molecular weight is 479 g/mol. The highest BCUT2D eigenvalue weighted by Crippen LogP contribution is 2.32. The van der Waals surface area contributed by atoms with Gasteiger partial charge in [0.15, 0.2) is 0 Å². The summed E-state index contributed by atoms with van der Waals surface area (Å²) in [4.78, 5) is 6.34. The Bertz CT molecular complexity index is 1100. The number of benzene rings is 2. The second-order valence-electron chi connectivity index (χ2n) is 7.38. The highest BCUT2D eigenvalue weighted by Gasteiger charge is 2.25. The lowest BCUT2D eigenvalue weighted by Gasteiger charge is -2.36. The lowest BCUT2D eigenvalue weighted by Crippen LogP contribution is -2.39. The Morgan fingerprint density at radius 3 is 2.58 bits per heavy atom. The summed E-state index contributed by atoms with van der Waals surface area (Å²) in [6, 6.07) is 15.3. The van der Waals surface area contributed by atoms with Gasteiger partial charge in [0.2, 0.25) is 5.13 Å².